The zero-order chi connectivity index (χ0) is 38.1. The summed E-state index contributed by atoms with van der Waals surface area (Å²) < 4.78 is 10.3. The molecule has 10 nitrogen and oxygen atoms in total. The Bertz CT molecular complexity index is 1560. The molecule has 2 N–H and O–H groups in total. The van der Waals surface area contributed by atoms with E-state index in [0.717, 1.165) is 75.5 Å². The molecule has 4 aromatic rings. The Morgan fingerprint density at radius 2 is 0.815 bits per heavy atom. The van der Waals surface area contributed by atoms with Gasteiger partial charge in [0.25, 0.3) is 0 Å². The summed E-state index contributed by atoms with van der Waals surface area (Å²) in [7, 11) is 0. The predicted molar refractivity (Wildman–Crippen MR) is 212 cm³/mol. The Morgan fingerprint density at radius 1 is 0.500 bits per heavy atom. The van der Waals surface area contributed by atoms with Crippen molar-refractivity contribution in [2.75, 3.05) is 91.9 Å². The van der Waals surface area contributed by atoms with E-state index in [4.69, 9.17) is 42.9 Å². The predicted octanol–water partition coefficient (Wildman–Crippen LogP) is 6.30. The molecule has 54 heavy (non-hydrogen) atoms. The summed E-state index contributed by atoms with van der Waals surface area (Å²) in [4.78, 5) is 30.6. The summed E-state index contributed by atoms with van der Waals surface area (Å²) in [6.45, 7) is 9.50. The van der Waals surface area contributed by atoms with Gasteiger partial charge in [-0.15, -0.1) is 0 Å². The van der Waals surface area contributed by atoms with Gasteiger partial charge in [-0.05, 0) is 46.5 Å². The van der Waals surface area contributed by atoms with Gasteiger partial charge in [0, 0.05) is 75.5 Å². The van der Waals surface area contributed by atoms with Gasteiger partial charge in [0.05, 0.1) is 25.3 Å². The summed E-state index contributed by atoms with van der Waals surface area (Å²) in [5.41, 5.74) is 5.03. The van der Waals surface area contributed by atoms with Gasteiger partial charge in [-0.3, -0.25) is 19.6 Å². The number of halogens is 2. The molecule has 0 saturated carbocycles. The van der Waals surface area contributed by atoms with Crippen molar-refractivity contribution in [1.29, 1.82) is 0 Å². The third-order valence-electron chi connectivity index (χ3n) is 9.70. The van der Waals surface area contributed by atoms with E-state index in [9.17, 15) is 9.59 Å². The summed E-state index contributed by atoms with van der Waals surface area (Å²) in [6, 6.07) is 37.7. The van der Waals surface area contributed by atoms with Crippen molar-refractivity contribution < 1.29 is 29.3 Å². The highest BCUT2D eigenvalue weighted by molar-refractivity contribution is 6.30. The van der Waals surface area contributed by atoms with Crippen molar-refractivity contribution >= 4 is 35.1 Å². The van der Waals surface area contributed by atoms with Crippen LogP contribution in [0.1, 0.15) is 34.3 Å². The first-order valence-electron chi connectivity index (χ1n) is 18.4. The Kier molecular flexibility index (Phi) is 16.8. The average molecular weight is 778 g/mol. The maximum Gasteiger partial charge on any atom is 0.329 e. The maximum atomic E-state index is 10.5. The third-order valence-corrected chi connectivity index (χ3v) is 10.2. The quantitative estimate of drug-likeness (QED) is 0.126. The minimum atomic E-state index is -0.923. The van der Waals surface area contributed by atoms with Crippen LogP contribution in [0.25, 0.3) is 0 Å². The Hall–Kier alpha value is -3.84. The van der Waals surface area contributed by atoms with Crippen LogP contribution in [0.3, 0.4) is 0 Å². The molecule has 0 amide bonds. The standard InChI is InChI=1S/2C21H25ClN2O3/c2*22-19-8-6-18(7-9-19)21(17-4-2-1-3-5-17)24-12-10-23(11-13-24)14-15-27-16-20(25)26/h2*1-9,21H,10-16H2,(H,25,26). The fraction of sp³-hybridized carbons (Fsp3) is 0.381. The number of hydrogen-bond acceptors (Lipinski definition) is 8. The molecule has 2 unspecified atom stereocenters. The molecule has 0 spiro atoms. The van der Waals surface area contributed by atoms with Crippen LogP contribution in [-0.4, -0.2) is 134 Å². The summed E-state index contributed by atoms with van der Waals surface area (Å²) >= 11 is 12.2. The molecule has 0 aromatic heterocycles. The third kappa shape index (κ3) is 13.2. The van der Waals surface area contributed by atoms with Crippen LogP contribution in [0.15, 0.2) is 109 Å². The lowest BCUT2D eigenvalue weighted by Gasteiger charge is -2.39. The zero-order valence-electron chi connectivity index (χ0n) is 30.5. The molecule has 2 heterocycles. The average Bonchev–Trinajstić information content (AvgIpc) is 3.19. The first kappa shape index (κ1) is 41.3. The molecule has 288 valence electrons. The molecule has 2 aliphatic heterocycles. The largest absolute Gasteiger partial charge is 0.480 e. The second-order valence-electron chi connectivity index (χ2n) is 13.4. The van der Waals surface area contributed by atoms with Crippen LogP contribution >= 0.6 is 23.2 Å². The molecule has 2 aliphatic rings. The number of nitrogens with zero attached hydrogens (tertiary/aromatic N) is 4. The van der Waals surface area contributed by atoms with E-state index in [1.54, 1.807) is 0 Å². The van der Waals surface area contributed by atoms with Crippen molar-refractivity contribution in [3.05, 3.63) is 141 Å². The lowest BCUT2D eigenvalue weighted by atomic mass is 9.96. The Balaban J connectivity index is 0.000000208. The highest BCUT2D eigenvalue weighted by Crippen LogP contribution is 2.32. The molecule has 6 rings (SSSR count). The van der Waals surface area contributed by atoms with Gasteiger partial charge in [-0.25, -0.2) is 9.59 Å². The highest BCUT2D eigenvalue weighted by Gasteiger charge is 2.27. The molecule has 0 radical (unpaired) electrons. The molecule has 2 saturated heterocycles. The van der Waals surface area contributed by atoms with Gasteiger partial charge in [-0.1, -0.05) is 108 Å². The second-order valence-corrected chi connectivity index (χ2v) is 14.3. The number of ether oxygens (including phenoxy) is 2. The van der Waals surface area contributed by atoms with Gasteiger partial charge >= 0.3 is 11.9 Å². The van der Waals surface area contributed by atoms with Gasteiger partial charge in [0.1, 0.15) is 13.2 Å². The lowest BCUT2D eigenvalue weighted by molar-refractivity contribution is -0.143. The molecule has 0 aliphatic carbocycles. The monoisotopic (exact) mass is 776 g/mol. The highest BCUT2D eigenvalue weighted by atomic mass is 35.5. The first-order valence-corrected chi connectivity index (χ1v) is 19.1. The number of carboxylic acids is 2. The van der Waals surface area contributed by atoms with Crippen molar-refractivity contribution in [3.63, 3.8) is 0 Å². The van der Waals surface area contributed by atoms with E-state index < -0.39 is 11.9 Å². The second kappa shape index (κ2) is 21.9. The van der Waals surface area contributed by atoms with Crippen molar-refractivity contribution in [2.45, 2.75) is 12.1 Å². The van der Waals surface area contributed by atoms with Crippen LogP contribution in [-0.2, 0) is 19.1 Å². The summed E-state index contributed by atoms with van der Waals surface area (Å²) in [6.07, 6.45) is 0. The summed E-state index contributed by atoms with van der Waals surface area (Å²) in [5, 5.41) is 18.7. The van der Waals surface area contributed by atoms with Gasteiger partial charge in [0.15, 0.2) is 0 Å². The molecule has 4 aromatic carbocycles. The number of carbonyl (C=O) groups is 2. The zero-order valence-corrected chi connectivity index (χ0v) is 32.0. The fourth-order valence-electron chi connectivity index (χ4n) is 6.99. The molecule has 2 atom stereocenters. The van der Waals surface area contributed by atoms with Crippen LogP contribution in [0.5, 0.6) is 0 Å². The Labute approximate surface area is 328 Å². The van der Waals surface area contributed by atoms with Crippen LogP contribution in [0.4, 0.5) is 0 Å². The van der Waals surface area contributed by atoms with E-state index in [0.29, 0.717) is 13.2 Å². The van der Waals surface area contributed by atoms with E-state index in [1.807, 2.05) is 36.4 Å². The van der Waals surface area contributed by atoms with Gasteiger partial charge in [-0.2, -0.15) is 0 Å². The van der Waals surface area contributed by atoms with Crippen LogP contribution in [0, 0.1) is 0 Å². The Morgan fingerprint density at radius 3 is 1.13 bits per heavy atom. The number of piperazine rings is 2. The van der Waals surface area contributed by atoms with Crippen molar-refractivity contribution in [3.8, 4) is 0 Å². The van der Waals surface area contributed by atoms with Gasteiger partial charge in [0.2, 0.25) is 0 Å². The van der Waals surface area contributed by atoms with Crippen LogP contribution < -0.4 is 0 Å². The summed E-state index contributed by atoms with van der Waals surface area (Å²) in [5.74, 6) is -1.85. The number of hydrogen-bond donors (Lipinski definition) is 2. The molecule has 12 heteroatoms. The van der Waals surface area contributed by atoms with E-state index in [1.165, 1.54) is 22.3 Å². The van der Waals surface area contributed by atoms with E-state index >= 15 is 0 Å². The van der Waals surface area contributed by atoms with Gasteiger partial charge < -0.3 is 19.7 Å². The number of aliphatic carboxylic acids is 2. The first-order chi connectivity index (χ1) is 26.3. The van der Waals surface area contributed by atoms with E-state index in [2.05, 4.69) is 92.4 Å². The lowest BCUT2D eigenvalue weighted by Crippen LogP contribution is -2.48. The molecule has 2 fully saturated rings. The molecular weight excluding hydrogens is 727 g/mol. The number of rotatable bonds is 16. The minimum absolute atomic E-state index is 0.203. The minimum Gasteiger partial charge on any atom is -0.480 e. The van der Waals surface area contributed by atoms with Crippen molar-refractivity contribution in [2.24, 2.45) is 0 Å². The van der Waals surface area contributed by atoms with Crippen LogP contribution in [0.2, 0.25) is 10.0 Å². The topological polar surface area (TPSA) is 106 Å². The fourth-order valence-corrected chi connectivity index (χ4v) is 7.24. The number of carboxylic acid groups (broad SMARTS) is 2. The normalized spacial score (nSPS) is 16.9. The SMILES string of the molecule is O=C(O)COCCN1CCN(C(c2ccccc2)c2ccc(Cl)cc2)CC1.O=C(O)COCCN1CCN(C(c2ccccc2)c2ccc(Cl)cc2)CC1. The van der Waals surface area contributed by atoms with E-state index in [-0.39, 0.29) is 25.3 Å². The molecule has 0 bridgehead atoms. The maximum absolute atomic E-state index is 10.5. The smallest absolute Gasteiger partial charge is 0.329 e. The molecular formula is C42H50Cl2N4O6. The number of benzene rings is 4. The van der Waals surface area contributed by atoms with Crippen molar-refractivity contribution in [1.82, 2.24) is 19.6 Å².